The normalized spacial score (nSPS) is 16.9. The minimum absolute atomic E-state index is 0.564. The molecule has 0 spiro atoms. The predicted molar refractivity (Wildman–Crippen MR) is 62.7 cm³/mol. The van der Waals surface area contributed by atoms with Crippen LogP contribution in [0.4, 0.5) is 5.82 Å². The largest absolute Gasteiger partial charge is 0.367 e. The Labute approximate surface area is 91.1 Å². The molecule has 0 atom stereocenters. The third-order valence-corrected chi connectivity index (χ3v) is 3.19. The van der Waals surface area contributed by atoms with E-state index in [0.717, 1.165) is 11.4 Å². The van der Waals surface area contributed by atoms with Crippen LogP contribution in [0, 0.1) is 6.92 Å². The molecule has 1 aliphatic carbocycles. The van der Waals surface area contributed by atoms with Crippen molar-refractivity contribution in [3.63, 3.8) is 0 Å². The van der Waals surface area contributed by atoms with Crippen molar-refractivity contribution in [2.75, 3.05) is 5.32 Å². The first-order chi connectivity index (χ1) is 7.31. The molecule has 1 saturated carbocycles. The molecule has 0 aliphatic heterocycles. The smallest absolute Gasteiger partial charge is 0.130 e. The zero-order chi connectivity index (χ0) is 10.7. The minimum Gasteiger partial charge on any atom is -0.367 e. The molecule has 0 radical (unpaired) electrons. The third kappa shape index (κ3) is 2.29. The van der Waals surface area contributed by atoms with Crippen LogP contribution in [0.2, 0.25) is 0 Å². The summed E-state index contributed by atoms with van der Waals surface area (Å²) in [5.41, 5.74) is 8.13. The summed E-state index contributed by atoms with van der Waals surface area (Å²) >= 11 is 0. The van der Waals surface area contributed by atoms with Gasteiger partial charge in [-0.2, -0.15) is 0 Å². The molecule has 15 heavy (non-hydrogen) atoms. The van der Waals surface area contributed by atoms with Crippen LogP contribution in [-0.4, -0.2) is 11.0 Å². The molecule has 0 saturated heterocycles. The van der Waals surface area contributed by atoms with Crippen molar-refractivity contribution in [3.8, 4) is 0 Å². The maximum atomic E-state index is 5.75. The van der Waals surface area contributed by atoms with Gasteiger partial charge >= 0.3 is 0 Å². The van der Waals surface area contributed by atoms with E-state index in [1.54, 1.807) is 0 Å². The highest BCUT2D eigenvalue weighted by atomic mass is 15.0. The fourth-order valence-electron chi connectivity index (χ4n) is 2.23. The zero-order valence-corrected chi connectivity index (χ0v) is 9.29. The second-order valence-electron chi connectivity index (χ2n) is 4.28. The maximum absolute atomic E-state index is 5.75. The second kappa shape index (κ2) is 4.62. The molecule has 1 aromatic heterocycles. The molecule has 0 aromatic carbocycles. The fraction of sp³-hybridized carbons (Fsp3) is 0.583. The number of hydrogen-bond donors (Lipinski definition) is 2. The van der Waals surface area contributed by atoms with Gasteiger partial charge in [-0.15, -0.1) is 0 Å². The Bertz CT molecular complexity index is 330. The summed E-state index contributed by atoms with van der Waals surface area (Å²) in [5.74, 6) is 0.990. The van der Waals surface area contributed by atoms with Crippen molar-refractivity contribution in [2.24, 2.45) is 5.73 Å². The van der Waals surface area contributed by atoms with Crippen molar-refractivity contribution < 1.29 is 0 Å². The quantitative estimate of drug-likeness (QED) is 0.795. The van der Waals surface area contributed by atoms with E-state index in [1.807, 2.05) is 12.3 Å². The van der Waals surface area contributed by atoms with E-state index in [2.05, 4.69) is 17.2 Å². The molecule has 0 bridgehead atoms. The molecule has 2 rings (SSSR count). The van der Waals surface area contributed by atoms with Crippen molar-refractivity contribution in [1.29, 1.82) is 0 Å². The molecule has 1 aromatic rings. The van der Waals surface area contributed by atoms with Crippen LogP contribution in [0.15, 0.2) is 12.3 Å². The Morgan fingerprint density at radius 2 is 2.20 bits per heavy atom. The highest BCUT2D eigenvalue weighted by molar-refractivity contribution is 5.48. The van der Waals surface area contributed by atoms with Crippen LogP contribution < -0.4 is 11.1 Å². The van der Waals surface area contributed by atoms with Gasteiger partial charge < -0.3 is 11.1 Å². The Morgan fingerprint density at radius 1 is 1.47 bits per heavy atom. The SMILES string of the molecule is Cc1ccnc(NC2CCCC2)c1CN. The summed E-state index contributed by atoms with van der Waals surface area (Å²) in [6.45, 7) is 2.65. The summed E-state index contributed by atoms with van der Waals surface area (Å²) in [4.78, 5) is 4.38. The van der Waals surface area contributed by atoms with Gasteiger partial charge in [0.15, 0.2) is 0 Å². The standard InChI is InChI=1S/C12H19N3/c1-9-6-7-14-12(11(9)8-13)15-10-4-2-3-5-10/h6-7,10H,2-5,8,13H2,1H3,(H,14,15). The van der Waals surface area contributed by atoms with E-state index in [0.29, 0.717) is 12.6 Å². The number of hydrogen-bond acceptors (Lipinski definition) is 3. The van der Waals surface area contributed by atoms with Gasteiger partial charge in [0.2, 0.25) is 0 Å². The maximum Gasteiger partial charge on any atom is 0.130 e. The van der Waals surface area contributed by atoms with Gasteiger partial charge in [0.25, 0.3) is 0 Å². The number of aromatic nitrogens is 1. The molecule has 3 heteroatoms. The first kappa shape index (κ1) is 10.4. The number of aryl methyl sites for hydroxylation is 1. The Balaban J connectivity index is 2.15. The van der Waals surface area contributed by atoms with Gasteiger partial charge in [0, 0.05) is 24.3 Å². The summed E-state index contributed by atoms with van der Waals surface area (Å²) < 4.78 is 0. The molecule has 1 fully saturated rings. The third-order valence-electron chi connectivity index (χ3n) is 3.19. The van der Waals surface area contributed by atoms with Crippen molar-refractivity contribution >= 4 is 5.82 Å². The van der Waals surface area contributed by atoms with Gasteiger partial charge in [-0.3, -0.25) is 0 Å². The van der Waals surface area contributed by atoms with Gasteiger partial charge in [0.1, 0.15) is 5.82 Å². The topological polar surface area (TPSA) is 50.9 Å². The average Bonchev–Trinajstić information content (AvgIpc) is 2.71. The molecule has 0 amide bonds. The Kier molecular flexibility index (Phi) is 3.21. The number of pyridine rings is 1. The molecule has 0 unspecified atom stereocenters. The molecule has 3 N–H and O–H groups in total. The molecule has 82 valence electrons. The second-order valence-corrected chi connectivity index (χ2v) is 4.28. The monoisotopic (exact) mass is 205 g/mol. The van der Waals surface area contributed by atoms with Crippen molar-refractivity contribution in [1.82, 2.24) is 4.98 Å². The molecule has 1 heterocycles. The number of rotatable bonds is 3. The lowest BCUT2D eigenvalue weighted by Gasteiger charge is -2.16. The van der Waals surface area contributed by atoms with Crippen LogP contribution in [-0.2, 0) is 6.54 Å². The fourth-order valence-corrected chi connectivity index (χ4v) is 2.23. The molecular formula is C12H19N3. The van der Waals surface area contributed by atoms with Crippen molar-refractivity contribution in [2.45, 2.75) is 45.2 Å². The predicted octanol–water partition coefficient (Wildman–Crippen LogP) is 2.20. The molecular weight excluding hydrogens is 186 g/mol. The number of anilines is 1. The van der Waals surface area contributed by atoms with Gasteiger partial charge in [0.05, 0.1) is 0 Å². The van der Waals surface area contributed by atoms with E-state index in [4.69, 9.17) is 5.73 Å². The number of nitrogens with zero attached hydrogens (tertiary/aromatic N) is 1. The first-order valence-corrected chi connectivity index (χ1v) is 5.72. The van der Waals surface area contributed by atoms with Crippen LogP contribution in [0.5, 0.6) is 0 Å². The summed E-state index contributed by atoms with van der Waals surface area (Å²) in [7, 11) is 0. The van der Waals surface area contributed by atoms with Gasteiger partial charge in [-0.05, 0) is 31.4 Å². The summed E-state index contributed by atoms with van der Waals surface area (Å²) in [5, 5.41) is 3.51. The molecule has 1 aliphatic rings. The van der Waals surface area contributed by atoms with E-state index in [1.165, 1.54) is 31.2 Å². The van der Waals surface area contributed by atoms with Crippen LogP contribution in [0.25, 0.3) is 0 Å². The minimum atomic E-state index is 0.564. The highest BCUT2D eigenvalue weighted by Gasteiger charge is 2.16. The van der Waals surface area contributed by atoms with Crippen LogP contribution >= 0.6 is 0 Å². The lowest BCUT2D eigenvalue weighted by atomic mass is 10.1. The van der Waals surface area contributed by atoms with E-state index >= 15 is 0 Å². The molecule has 3 nitrogen and oxygen atoms in total. The summed E-state index contributed by atoms with van der Waals surface area (Å²) in [6, 6.07) is 2.62. The zero-order valence-electron chi connectivity index (χ0n) is 9.29. The lowest BCUT2D eigenvalue weighted by molar-refractivity contribution is 0.747. The number of nitrogens with two attached hydrogens (primary N) is 1. The van der Waals surface area contributed by atoms with Gasteiger partial charge in [-0.25, -0.2) is 4.98 Å². The number of nitrogens with one attached hydrogen (secondary N) is 1. The first-order valence-electron chi connectivity index (χ1n) is 5.72. The van der Waals surface area contributed by atoms with E-state index in [9.17, 15) is 0 Å². The Hall–Kier alpha value is -1.09. The van der Waals surface area contributed by atoms with E-state index < -0.39 is 0 Å². The van der Waals surface area contributed by atoms with Crippen LogP contribution in [0.3, 0.4) is 0 Å². The average molecular weight is 205 g/mol. The Morgan fingerprint density at radius 3 is 2.87 bits per heavy atom. The highest BCUT2D eigenvalue weighted by Crippen LogP contribution is 2.24. The van der Waals surface area contributed by atoms with Gasteiger partial charge in [-0.1, -0.05) is 12.8 Å². The van der Waals surface area contributed by atoms with E-state index in [-0.39, 0.29) is 0 Å². The lowest BCUT2D eigenvalue weighted by Crippen LogP contribution is -2.18. The van der Waals surface area contributed by atoms with Crippen LogP contribution in [0.1, 0.15) is 36.8 Å². The van der Waals surface area contributed by atoms with Crippen molar-refractivity contribution in [3.05, 3.63) is 23.4 Å². The summed E-state index contributed by atoms with van der Waals surface area (Å²) in [6.07, 6.45) is 7.05.